The number of benzene rings is 2. The van der Waals surface area contributed by atoms with Crippen molar-refractivity contribution in [2.75, 3.05) is 11.9 Å². The number of aromatic hydroxyl groups is 2. The number of phenols is 2. The molecule has 0 aliphatic rings. The third-order valence-corrected chi connectivity index (χ3v) is 2.67. The summed E-state index contributed by atoms with van der Waals surface area (Å²) >= 11 is 0. The first-order chi connectivity index (χ1) is 9.19. The van der Waals surface area contributed by atoms with E-state index < -0.39 is 0 Å². The second kappa shape index (κ2) is 6.00. The van der Waals surface area contributed by atoms with Crippen molar-refractivity contribution in [2.24, 2.45) is 0 Å². The Labute approximate surface area is 112 Å². The molecule has 0 aliphatic carbocycles. The fourth-order valence-corrected chi connectivity index (χ4v) is 1.76. The summed E-state index contributed by atoms with van der Waals surface area (Å²) in [6.45, 7) is 2.97. The van der Waals surface area contributed by atoms with E-state index in [1.165, 1.54) is 0 Å². The standard InChI is InChI=1S/C15H17NO3/c1-2-19-15-8-11(6-7-14(15)18)10-16-12-4-3-5-13(17)9-12/h3-9,16-18H,2,10H2,1H3. The van der Waals surface area contributed by atoms with Gasteiger partial charge in [-0.2, -0.15) is 0 Å². The molecule has 2 rings (SSSR count). The van der Waals surface area contributed by atoms with Gasteiger partial charge in [-0.05, 0) is 36.8 Å². The Morgan fingerprint density at radius 2 is 1.95 bits per heavy atom. The largest absolute Gasteiger partial charge is 0.508 e. The van der Waals surface area contributed by atoms with Crippen LogP contribution in [-0.4, -0.2) is 16.8 Å². The first-order valence-corrected chi connectivity index (χ1v) is 6.16. The lowest BCUT2D eigenvalue weighted by Crippen LogP contribution is -2.00. The summed E-state index contributed by atoms with van der Waals surface area (Å²) in [7, 11) is 0. The summed E-state index contributed by atoms with van der Waals surface area (Å²) in [5.41, 5.74) is 1.83. The fraction of sp³-hybridized carbons (Fsp3) is 0.200. The van der Waals surface area contributed by atoms with E-state index in [0.717, 1.165) is 11.3 Å². The van der Waals surface area contributed by atoms with Crippen molar-refractivity contribution in [3.63, 3.8) is 0 Å². The maximum absolute atomic E-state index is 9.61. The molecule has 0 spiro atoms. The van der Waals surface area contributed by atoms with Crippen LogP contribution < -0.4 is 10.1 Å². The van der Waals surface area contributed by atoms with Gasteiger partial charge < -0.3 is 20.3 Å². The SMILES string of the molecule is CCOc1cc(CNc2cccc(O)c2)ccc1O. The number of ether oxygens (including phenoxy) is 1. The van der Waals surface area contributed by atoms with Crippen LogP contribution in [0, 0.1) is 0 Å². The summed E-state index contributed by atoms with van der Waals surface area (Å²) < 4.78 is 5.33. The molecule has 100 valence electrons. The van der Waals surface area contributed by atoms with Crippen molar-refractivity contribution in [1.29, 1.82) is 0 Å². The highest BCUT2D eigenvalue weighted by molar-refractivity contribution is 5.49. The molecule has 0 unspecified atom stereocenters. The van der Waals surface area contributed by atoms with Crippen molar-refractivity contribution < 1.29 is 14.9 Å². The molecule has 2 aromatic carbocycles. The zero-order valence-electron chi connectivity index (χ0n) is 10.8. The topological polar surface area (TPSA) is 61.7 Å². The van der Waals surface area contributed by atoms with E-state index in [2.05, 4.69) is 5.32 Å². The highest BCUT2D eigenvalue weighted by Crippen LogP contribution is 2.27. The molecule has 19 heavy (non-hydrogen) atoms. The minimum absolute atomic E-state index is 0.142. The molecule has 4 nitrogen and oxygen atoms in total. The van der Waals surface area contributed by atoms with E-state index in [4.69, 9.17) is 4.74 Å². The van der Waals surface area contributed by atoms with Gasteiger partial charge in [-0.3, -0.25) is 0 Å². The molecule has 0 amide bonds. The van der Waals surface area contributed by atoms with Crippen LogP contribution in [0.15, 0.2) is 42.5 Å². The maximum atomic E-state index is 9.61. The Morgan fingerprint density at radius 1 is 1.11 bits per heavy atom. The zero-order valence-corrected chi connectivity index (χ0v) is 10.8. The van der Waals surface area contributed by atoms with E-state index in [9.17, 15) is 10.2 Å². The van der Waals surface area contributed by atoms with Crippen molar-refractivity contribution in [2.45, 2.75) is 13.5 Å². The van der Waals surface area contributed by atoms with Crippen molar-refractivity contribution in [1.82, 2.24) is 0 Å². The number of hydrogen-bond acceptors (Lipinski definition) is 4. The molecule has 0 saturated heterocycles. The van der Waals surface area contributed by atoms with E-state index in [0.29, 0.717) is 18.9 Å². The van der Waals surface area contributed by atoms with Gasteiger partial charge in [0.15, 0.2) is 11.5 Å². The Morgan fingerprint density at radius 3 is 2.68 bits per heavy atom. The van der Waals surface area contributed by atoms with Crippen LogP contribution in [0.1, 0.15) is 12.5 Å². The molecule has 0 fully saturated rings. The minimum Gasteiger partial charge on any atom is -0.508 e. The van der Waals surface area contributed by atoms with E-state index in [-0.39, 0.29) is 11.5 Å². The Kier molecular flexibility index (Phi) is 4.13. The second-order valence-corrected chi connectivity index (χ2v) is 4.14. The maximum Gasteiger partial charge on any atom is 0.161 e. The third kappa shape index (κ3) is 3.55. The first kappa shape index (κ1) is 13.1. The van der Waals surface area contributed by atoms with Gasteiger partial charge in [0.2, 0.25) is 0 Å². The Hall–Kier alpha value is -2.36. The number of anilines is 1. The van der Waals surface area contributed by atoms with Crippen LogP contribution in [0.25, 0.3) is 0 Å². The summed E-state index contributed by atoms with van der Waals surface area (Å²) in [6.07, 6.45) is 0. The van der Waals surface area contributed by atoms with E-state index >= 15 is 0 Å². The van der Waals surface area contributed by atoms with Gasteiger partial charge >= 0.3 is 0 Å². The van der Waals surface area contributed by atoms with Crippen LogP contribution in [0.5, 0.6) is 17.2 Å². The van der Waals surface area contributed by atoms with Gasteiger partial charge in [0.25, 0.3) is 0 Å². The highest BCUT2D eigenvalue weighted by Gasteiger charge is 2.03. The number of phenolic OH excluding ortho intramolecular Hbond substituents is 2. The quantitative estimate of drug-likeness (QED) is 0.772. The molecule has 0 atom stereocenters. The molecule has 3 N–H and O–H groups in total. The fourth-order valence-electron chi connectivity index (χ4n) is 1.76. The number of rotatable bonds is 5. The van der Waals surface area contributed by atoms with Gasteiger partial charge in [-0.15, -0.1) is 0 Å². The summed E-state index contributed by atoms with van der Waals surface area (Å²) in [4.78, 5) is 0. The molecular formula is C15H17NO3. The first-order valence-electron chi connectivity index (χ1n) is 6.16. The molecule has 0 bridgehead atoms. The van der Waals surface area contributed by atoms with Gasteiger partial charge in [0.1, 0.15) is 5.75 Å². The van der Waals surface area contributed by atoms with Crippen LogP contribution in [-0.2, 0) is 6.54 Å². The lowest BCUT2D eigenvalue weighted by Gasteiger charge is -2.10. The molecule has 0 saturated carbocycles. The van der Waals surface area contributed by atoms with E-state index in [1.807, 2.05) is 19.1 Å². The summed E-state index contributed by atoms with van der Waals surface area (Å²) in [5, 5.41) is 22.2. The molecule has 0 aliphatic heterocycles. The monoisotopic (exact) mass is 259 g/mol. The molecular weight excluding hydrogens is 242 g/mol. The van der Waals surface area contributed by atoms with Gasteiger partial charge in [0.05, 0.1) is 6.61 Å². The predicted molar refractivity (Wildman–Crippen MR) is 74.7 cm³/mol. The lowest BCUT2D eigenvalue weighted by atomic mass is 10.2. The van der Waals surface area contributed by atoms with Gasteiger partial charge in [-0.25, -0.2) is 0 Å². The van der Waals surface area contributed by atoms with Crippen LogP contribution in [0.3, 0.4) is 0 Å². The average molecular weight is 259 g/mol. The van der Waals surface area contributed by atoms with Crippen LogP contribution in [0.4, 0.5) is 5.69 Å². The lowest BCUT2D eigenvalue weighted by molar-refractivity contribution is 0.318. The zero-order chi connectivity index (χ0) is 13.7. The van der Waals surface area contributed by atoms with Crippen LogP contribution in [0.2, 0.25) is 0 Å². The van der Waals surface area contributed by atoms with Crippen molar-refractivity contribution in [3.05, 3.63) is 48.0 Å². The molecule has 2 aromatic rings. The summed E-state index contributed by atoms with van der Waals surface area (Å²) in [6, 6.07) is 12.2. The number of hydrogen-bond donors (Lipinski definition) is 3. The van der Waals surface area contributed by atoms with Gasteiger partial charge in [-0.1, -0.05) is 12.1 Å². The molecule has 0 heterocycles. The third-order valence-electron chi connectivity index (χ3n) is 2.67. The minimum atomic E-state index is 0.142. The highest BCUT2D eigenvalue weighted by atomic mass is 16.5. The van der Waals surface area contributed by atoms with E-state index in [1.54, 1.807) is 30.3 Å². The smallest absolute Gasteiger partial charge is 0.161 e. The molecule has 4 heteroatoms. The average Bonchev–Trinajstić information content (AvgIpc) is 2.40. The molecule has 0 aromatic heterocycles. The van der Waals surface area contributed by atoms with Crippen molar-refractivity contribution in [3.8, 4) is 17.2 Å². The van der Waals surface area contributed by atoms with Gasteiger partial charge in [0, 0.05) is 18.3 Å². The summed E-state index contributed by atoms with van der Waals surface area (Å²) in [5.74, 6) is 0.853. The van der Waals surface area contributed by atoms with Crippen molar-refractivity contribution >= 4 is 5.69 Å². The molecule has 0 radical (unpaired) electrons. The predicted octanol–water partition coefficient (Wildman–Crippen LogP) is 3.11. The van der Waals surface area contributed by atoms with Crippen LogP contribution >= 0.6 is 0 Å². The Balaban J connectivity index is 2.05. The second-order valence-electron chi connectivity index (χ2n) is 4.14. The number of nitrogens with one attached hydrogen (secondary N) is 1. The Bertz CT molecular complexity index is 555. The normalized spacial score (nSPS) is 10.2.